The molecule has 0 aliphatic carbocycles. The van der Waals surface area contributed by atoms with Crippen LogP contribution >= 0.6 is 0 Å². The average Bonchev–Trinajstić information content (AvgIpc) is 2.08. The third kappa shape index (κ3) is 1.55. The van der Waals surface area contributed by atoms with Crippen molar-refractivity contribution in [3.05, 3.63) is 0 Å². The van der Waals surface area contributed by atoms with Gasteiger partial charge in [-0.25, -0.2) is 13.2 Å². The van der Waals surface area contributed by atoms with Crippen molar-refractivity contribution < 1.29 is 28.1 Å². The summed E-state index contributed by atoms with van der Waals surface area (Å²) in [6.45, 7) is -0.786. The fourth-order valence-electron chi connectivity index (χ4n) is 1.01. The first-order valence-corrected chi connectivity index (χ1v) is 3.44. The lowest BCUT2D eigenvalue weighted by molar-refractivity contribution is -0.246. The Morgan fingerprint density at radius 3 is 2.17 bits per heavy atom. The van der Waals surface area contributed by atoms with Crippen molar-refractivity contribution in [2.75, 3.05) is 6.61 Å². The number of hydrogen-bond donors (Lipinski definition) is 2. The summed E-state index contributed by atoms with van der Waals surface area (Å²) in [6, 6.07) is 0. The van der Waals surface area contributed by atoms with Gasteiger partial charge < -0.3 is 14.9 Å². The molecule has 5 atom stereocenters. The van der Waals surface area contributed by atoms with Gasteiger partial charge in [-0.2, -0.15) is 0 Å². The van der Waals surface area contributed by atoms with Gasteiger partial charge in [0.05, 0.1) is 6.61 Å². The van der Waals surface area contributed by atoms with E-state index in [0.717, 1.165) is 0 Å². The summed E-state index contributed by atoms with van der Waals surface area (Å²) < 4.78 is 41.9. The molecule has 0 aromatic carbocycles. The minimum Gasteiger partial charge on any atom is -0.394 e. The van der Waals surface area contributed by atoms with Crippen LogP contribution < -0.4 is 0 Å². The second kappa shape index (κ2) is 3.59. The smallest absolute Gasteiger partial charge is 0.189 e. The van der Waals surface area contributed by atoms with Crippen LogP contribution in [-0.2, 0) is 4.74 Å². The van der Waals surface area contributed by atoms with E-state index in [1.807, 2.05) is 0 Å². The van der Waals surface area contributed by atoms with Crippen LogP contribution in [0.4, 0.5) is 13.2 Å². The number of ether oxygens (including phenoxy) is 1. The van der Waals surface area contributed by atoms with Crippen LogP contribution in [0.1, 0.15) is 0 Å². The Bertz CT molecular complexity index is 152. The SMILES string of the molecule is OC[C@H]1O[C@H](O)[C@H](F)[C@@H](F)[C@@H]1F. The van der Waals surface area contributed by atoms with Crippen LogP contribution in [0.15, 0.2) is 0 Å². The molecule has 1 aliphatic rings. The van der Waals surface area contributed by atoms with Gasteiger partial charge in [-0.1, -0.05) is 0 Å². The fraction of sp³-hybridized carbons (Fsp3) is 1.00. The molecular formula is C6H9F3O3. The van der Waals surface area contributed by atoms with E-state index in [0.29, 0.717) is 0 Å². The zero-order valence-corrected chi connectivity index (χ0v) is 6.03. The number of halogens is 3. The van der Waals surface area contributed by atoms with E-state index in [2.05, 4.69) is 4.74 Å². The molecule has 1 aliphatic heterocycles. The fourth-order valence-corrected chi connectivity index (χ4v) is 1.01. The van der Waals surface area contributed by atoms with E-state index in [9.17, 15) is 13.2 Å². The van der Waals surface area contributed by atoms with Crippen molar-refractivity contribution in [3.63, 3.8) is 0 Å². The molecule has 0 aromatic heterocycles. The van der Waals surface area contributed by atoms with Crippen LogP contribution in [0, 0.1) is 0 Å². The predicted molar refractivity (Wildman–Crippen MR) is 32.7 cm³/mol. The Labute approximate surface area is 66.8 Å². The molecule has 0 spiro atoms. The third-order valence-corrected chi connectivity index (χ3v) is 1.73. The molecule has 2 N–H and O–H groups in total. The van der Waals surface area contributed by atoms with Gasteiger partial charge in [0.2, 0.25) is 0 Å². The number of alkyl halides is 3. The lowest BCUT2D eigenvalue weighted by atomic mass is 10.0. The van der Waals surface area contributed by atoms with Crippen LogP contribution in [0.2, 0.25) is 0 Å². The van der Waals surface area contributed by atoms with Gasteiger partial charge in [-0.15, -0.1) is 0 Å². The van der Waals surface area contributed by atoms with Crippen molar-refractivity contribution in [3.8, 4) is 0 Å². The minimum absolute atomic E-state index is 0.786. The zero-order chi connectivity index (χ0) is 9.30. The molecule has 1 saturated heterocycles. The zero-order valence-electron chi connectivity index (χ0n) is 6.03. The topological polar surface area (TPSA) is 49.7 Å². The highest BCUT2D eigenvalue weighted by atomic mass is 19.2. The molecule has 1 heterocycles. The van der Waals surface area contributed by atoms with E-state index in [1.165, 1.54) is 0 Å². The van der Waals surface area contributed by atoms with E-state index in [4.69, 9.17) is 10.2 Å². The first kappa shape index (κ1) is 9.76. The predicted octanol–water partition coefficient (Wildman–Crippen LogP) is -0.290. The van der Waals surface area contributed by atoms with Crippen LogP contribution in [0.25, 0.3) is 0 Å². The van der Waals surface area contributed by atoms with Gasteiger partial charge in [0.1, 0.15) is 6.10 Å². The normalized spacial score (nSPS) is 49.2. The second-order valence-corrected chi connectivity index (χ2v) is 2.58. The van der Waals surface area contributed by atoms with Crippen molar-refractivity contribution >= 4 is 0 Å². The summed E-state index contributed by atoms with van der Waals surface area (Å²) >= 11 is 0. The standard InChI is InChI=1S/C6H9F3O3/c7-3-2(1-10)12-6(11)5(9)4(3)8/h2-6,10-11H,1H2/t2-,3-,4+,5-,6+/m1/s1. The molecule has 0 bridgehead atoms. The number of rotatable bonds is 1. The summed E-state index contributed by atoms with van der Waals surface area (Å²) in [7, 11) is 0. The van der Waals surface area contributed by atoms with E-state index in [-0.39, 0.29) is 0 Å². The highest BCUT2D eigenvalue weighted by Gasteiger charge is 2.46. The Morgan fingerprint density at radius 1 is 1.08 bits per heavy atom. The Hall–Kier alpha value is -0.330. The maximum Gasteiger partial charge on any atom is 0.189 e. The van der Waals surface area contributed by atoms with Gasteiger partial charge >= 0.3 is 0 Å². The molecular weight excluding hydrogens is 177 g/mol. The van der Waals surface area contributed by atoms with E-state index in [1.54, 1.807) is 0 Å². The second-order valence-electron chi connectivity index (χ2n) is 2.58. The quantitative estimate of drug-likeness (QED) is 0.591. The maximum atomic E-state index is 12.7. The molecule has 0 saturated carbocycles. The van der Waals surface area contributed by atoms with Crippen LogP contribution in [-0.4, -0.2) is 47.7 Å². The largest absolute Gasteiger partial charge is 0.394 e. The Balaban J connectivity index is 2.63. The first-order valence-electron chi connectivity index (χ1n) is 3.44. The number of aliphatic hydroxyl groups excluding tert-OH is 2. The summed E-state index contributed by atoms with van der Waals surface area (Å²) in [6.07, 6.45) is -10.5. The molecule has 12 heavy (non-hydrogen) atoms. The molecule has 0 aromatic rings. The first-order chi connectivity index (χ1) is 5.57. The lowest BCUT2D eigenvalue weighted by Crippen LogP contribution is -2.53. The summed E-state index contributed by atoms with van der Waals surface area (Å²) in [5.41, 5.74) is 0. The third-order valence-electron chi connectivity index (χ3n) is 1.73. The van der Waals surface area contributed by atoms with Crippen molar-refractivity contribution in [1.82, 2.24) is 0 Å². The summed E-state index contributed by atoms with van der Waals surface area (Å²) in [5, 5.41) is 17.1. The van der Waals surface area contributed by atoms with Crippen molar-refractivity contribution in [2.45, 2.75) is 30.9 Å². The van der Waals surface area contributed by atoms with Crippen molar-refractivity contribution in [1.29, 1.82) is 0 Å². The number of hydrogen-bond acceptors (Lipinski definition) is 3. The highest BCUT2D eigenvalue weighted by Crippen LogP contribution is 2.26. The monoisotopic (exact) mass is 186 g/mol. The average molecular weight is 186 g/mol. The molecule has 1 rings (SSSR count). The number of aliphatic hydroxyl groups is 2. The van der Waals surface area contributed by atoms with Crippen molar-refractivity contribution in [2.24, 2.45) is 0 Å². The minimum atomic E-state index is -2.44. The van der Waals surface area contributed by atoms with Gasteiger partial charge in [0.25, 0.3) is 0 Å². The van der Waals surface area contributed by atoms with E-state index >= 15 is 0 Å². The van der Waals surface area contributed by atoms with Gasteiger partial charge in [-0.05, 0) is 0 Å². The molecule has 6 heteroatoms. The molecule has 72 valence electrons. The van der Waals surface area contributed by atoms with Crippen LogP contribution in [0.5, 0.6) is 0 Å². The Kier molecular flexibility index (Phi) is 2.92. The molecule has 3 nitrogen and oxygen atoms in total. The molecule has 0 amide bonds. The molecule has 1 fully saturated rings. The lowest BCUT2D eigenvalue weighted by Gasteiger charge is -2.33. The Morgan fingerprint density at radius 2 is 1.67 bits per heavy atom. The molecule has 0 unspecified atom stereocenters. The highest BCUT2D eigenvalue weighted by molar-refractivity contribution is 4.89. The summed E-state index contributed by atoms with van der Waals surface area (Å²) in [4.78, 5) is 0. The van der Waals surface area contributed by atoms with Gasteiger partial charge in [0.15, 0.2) is 24.8 Å². The van der Waals surface area contributed by atoms with Crippen LogP contribution in [0.3, 0.4) is 0 Å². The molecule has 0 radical (unpaired) electrons. The van der Waals surface area contributed by atoms with E-state index < -0.39 is 37.5 Å². The maximum absolute atomic E-state index is 12.7. The summed E-state index contributed by atoms with van der Waals surface area (Å²) in [5.74, 6) is 0. The van der Waals surface area contributed by atoms with Gasteiger partial charge in [0, 0.05) is 0 Å². The van der Waals surface area contributed by atoms with Gasteiger partial charge in [-0.3, -0.25) is 0 Å².